The van der Waals surface area contributed by atoms with Gasteiger partial charge >= 0.3 is 0 Å². The summed E-state index contributed by atoms with van der Waals surface area (Å²) >= 11 is 12.2. The van der Waals surface area contributed by atoms with Crippen LogP contribution < -0.4 is 10.2 Å². The quantitative estimate of drug-likeness (QED) is 0.464. The Kier molecular flexibility index (Phi) is 7.33. The van der Waals surface area contributed by atoms with Crippen molar-refractivity contribution in [3.8, 4) is 11.3 Å². The summed E-state index contributed by atoms with van der Waals surface area (Å²) in [5, 5.41) is 3.91. The molecule has 0 unspecified atom stereocenters. The number of nitrogens with zero attached hydrogens (tertiary/aromatic N) is 2. The average molecular weight is 520 g/mol. The van der Waals surface area contributed by atoms with Gasteiger partial charge in [-0.2, -0.15) is 4.31 Å². The van der Waals surface area contributed by atoms with Gasteiger partial charge in [-0.1, -0.05) is 35.3 Å². The summed E-state index contributed by atoms with van der Waals surface area (Å²) in [7, 11) is -3.21. The molecule has 1 aromatic heterocycles. The Bertz CT molecular complexity index is 1330. The lowest BCUT2D eigenvalue weighted by atomic mass is 10.2. The predicted molar refractivity (Wildman–Crippen MR) is 137 cm³/mol. The van der Waals surface area contributed by atoms with Gasteiger partial charge in [0.25, 0.3) is 0 Å². The highest BCUT2D eigenvalue weighted by molar-refractivity contribution is 7.88. The number of anilines is 2. The van der Waals surface area contributed by atoms with Crippen molar-refractivity contribution in [1.29, 1.82) is 0 Å². The molecule has 34 heavy (non-hydrogen) atoms. The van der Waals surface area contributed by atoms with Crippen molar-refractivity contribution in [1.82, 2.24) is 4.31 Å². The van der Waals surface area contributed by atoms with E-state index in [1.165, 1.54) is 16.6 Å². The molecule has 7 nitrogen and oxygen atoms in total. The second-order valence-corrected chi connectivity index (χ2v) is 10.6. The molecule has 1 amide bonds. The van der Waals surface area contributed by atoms with E-state index in [0.717, 1.165) is 5.69 Å². The highest BCUT2D eigenvalue weighted by Gasteiger charge is 2.24. The minimum atomic E-state index is -3.21. The molecule has 2 heterocycles. The van der Waals surface area contributed by atoms with Gasteiger partial charge in [-0.15, -0.1) is 0 Å². The lowest BCUT2D eigenvalue weighted by Crippen LogP contribution is -2.48. The standard InChI is InChI=1S/C24H23Cl2N3O4S/c1-34(31,32)29-14-12-28(13-15-29)22-5-3-2-4-21(22)27-24(30)11-8-18-7-10-23(33-18)19-9-6-17(25)16-20(19)26/h2-11,16H,12-15H2,1H3,(H,27,30)/b11-8+. The zero-order valence-corrected chi connectivity index (χ0v) is 20.7. The zero-order valence-electron chi connectivity index (χ0n) is 18.4. The van der Waals surface area contributed by atoms with Crippen LogP contribution >= 0.6 is 23.2 Å². The first-order chi connectivity index (χ1) is 16.2. The maximum absolute atomic E-state index is 12.6. The molecular formula is C24H23Cl2N3O4S. The van der Waals surface area contributed by atoms with Crippen LogP contribution in [-0.2, 0) is 14.8 Å². The normalized spacial score (nSPS) is 15.1. The van der Waals surface area contributed by atoms with E-state index in [2.05, 4.69) is 10.2 Å². The lowest BCUT2D eigenvalue weighted by Gasteiger charge is -2.35. The van der Waals surface area contributed by atoms with Crippen LogP contribution in [0.25, 0.3) is 17.4 Å². The number of hydrogen-bond donors (Lipinski definition) is 1. The molecular weight excluding hydrogens is 497 g/mol. The number of sulfonamides is 1. The smallest absolute Gasteiger partial charge is 0.248 e. The number of nitrogens with one attached hydrogen (secondary N) is 1. The van der Waals surface area contributed by atoms with E-state index in [-0.39, 0.29) is 5.91 Å². The van der Waals surface area contributed by atoms with Crippen molar-refractivity contribution in [3.63, 3.8) is 0 Å². The van der Waals surface area contributed by atoms with Gasteiger partial charge in [0, 0.05) is 42.8 Å². The molecule has 0 aliphatic carbocycles. The summed E-state index contributed by atoms with van der Waals surface area (Å²) in [4.78, 5) is 14.7. The van der Waals surface area contributed by atoms with Crippen molar-refractivity contribution in [3.05, 3.63) is 76.5 Å². The van der Waals surface area contributed by atoms with E-state index < -0.39 is 10.0 Å². The van der Waals surface area contributed by atoms with Crippen LogP contribution in [0.3, 0.4) is 0 Å². The van der Waals surface area contributed by atoms with E-state index in [1.54, 1.807) is 36.4 Å². The third-order valence-electron chi connectivity index (χ3n) is 5.43. The number of amides is 1. The van der Waals surface area contributed by atoms with Gasteiger partial charge in [0.15, 0.2) is 0 Å². The molecule has 1 N–H and O–H groups in total. The molecule has 1 aliphatic rings. The van der Waals surface area contributed by atoms with Crippen molar-refractivity contribution in [2.75, 3.05) is 42.7 Å². The Morgan fingerprint density at radius 3 is 2.47 bits per heavy atom. The van der Waals surface area contributed by atoms with Gasteiger partial charge in [-0.05, 0) is 48.5 Å². The molecule has 3 aromatic rings. The molecule has 178 valence electrons. The molecule has 0 spiro atoms. The minimum absolute atomic E-state index is 0.315. The Hall–Kier alpha value is -2.78. The summed E-state index contributed by atoms with van der Waals surface area (Å²) in [5.41, 5.74) is 2.20. The number of halogens is 2. The van der Waals surface area contributed by atoms with Crippen molar-refractivity contribution in [2.45, 2.75) is 0 Å². The summed E-state index contributed by atoms with van der Waals surface area (Å²) in [6.45, 7) is 1.88. The first kappa shape index (κ1) is 24.3. The van der Waals surface area contributed by atoms with E-state index >= 15 is 0 Å². The molecule has 0 bridgehead atoms. The fourth-order valence-corrected chi connectivity index (χ4v) is 5.05. The van der Waals surface area contributed by atoms with Gasteiger partial charge in [0.1, 0.15) is 11.5 Å². The molecule has 1 aliphatic heterocycles. The molecule has 10 heteroatoms. The summed E-state index contributed by atoms with van der Waals surface area (Å²) in [5.74, 6) is 0.756. The molecule has 4 rings (SSSR count). The second-order valence-electron chi connectivity index (χ2n) is 7.82. The van der Waals surface area contributed by atoms with E-state index in [0.29, 0.717) is 59.0 Å². The Labute approximate surface area is 208 Å². The number of rotatable bonds is 6. The summed E-state index contributed by atoms with van der Waals surface area (Å²) < 4.78 is 30.8. The Balaban J connectivity index is 1.42. The third kappa shape index (κ3) is 5.82. The topological polar surface area (TPSA) is 82.9 Å². The largest absolute Gasteiger partial charge is 0.457 e. The molecule has 1 fully saturated rings. The number of benzene rings is 2. The number of furan rings is 1. The molecule has 0 saturated carbocycles. The maximum Gasteiger partial charge on any atom is 0.248 e. The molecule has 0 radical (unpaired) electrons. The van der Waals surface area contributed by atoms with Gasteiger partial charge in [-0.3, -0.25) is 4.79 Å². The number of carbonyl (C=O) groups excluding carboxylic acids is 1. The fraction of sp³-hybridized carbons (Fsp3) is 0.208. The van der Waals surface area contributed by atoms with Gasteiger partial charge < -0.3 is 14.6 Å². The number of carbonyl (C=O) groups is 1. The number of para-hydroxylation sites is 2. The Morgan fingerprint density at radius 2 is 1.76 bits per heavy atom. The number of hydrogen-bond acceptors (Lipinski definition) is 5. The van der Waals surface area contributed by atoms with Crippen molar-refractivity contribution >= 4 is 56.6 Å². The first-order valence-corrected chi connectivity index (χ1v) is 13.1. The van der Waals surface area contributed by atoms with E-state index in [4.69, 9.17) is 27.6 Å². The third-order valence-corrected chi connectivity index (χ3v) is 7.28. The van der Waals surface area contributed by atoms with Crippen LogP contribution in [0.4, 0.5) is 11.4 Å². The van der Waals surface area contributed by atoms with Crippen LogP contribution in [0.15, 0.2) is 65.1 Å². The van der Waals surface area contributed by atoms with Crippen molar-refractivity contribution in [2.24, 2.45) is 0 Å². The SMILES string of the molecule is CS(=O)(=O)N1CCN(c2ccccc2NC(=O)/C=C/c2ccc(-c3ccc(Cl)cc3Cl)o2)CC1. The number of piperazine rings is 1. The van der Waals surface area contributed by atoms with E-state index in [9.17, 15) is 13.2 Å². The molecule has 0 atom stereocenters. The Morgan fingerprint density at radius 1 is 1.03 bits per heavy atom. The van der Waals surface area contributed by atoms with Gasteiger partial charge in [0.2, 0.25) is 15.9 Å². The van der Waals surface area contributed by atoms with E-state index in [1.807, 2.05) is 24.3 Å². The summed E-state index contributed by atoms with van der Waals surface area (Å²) in [6.07, 6.45) is 4.19. The fourth-order valence-electron chi connectivity index (χ4n) is 3.72. The molecule has 2 aromatic carbocycles. The monoisotopic (exact) mass is 519 g/mol. The van der Waals surface area contributed by atoms with Crippen molar-refractivity contribution < 1.29 is 17.6 Å². The van der Waals surface area contributed by atoms with Gasteiger partial charge in [0.05, 0.1) is 22.7 Å². The van der Waals surface area contributed by atoms with Crippen LogP contribution in [0.1, 0.15) is 5.76 Å². The second kappa shape index (κ2) is 10.2. The van der Waals surface area contributed by atoms with Gasteiger partial charge in [-0.25, -0.2) is 8.42 Å². The highest BCUT2D eigenvalue weighted by atomic mass is 35.5. The van der Waals surface area contributed by atoms with Crippen LogP contribution in [-0.4, -0.2) is 51.1 Å². The van der Waals surface area contributed by atoms with Crippen LogP contribution in [0.2, 0.25) is 10.0 Å². The minimum Gasteiger partial charge on any atom is -0.457 e. The predicted octanol–water partition coefficient (Wildman–Crippen LogP) is 4.99. The van der Waals surface area contributed by atoms with Crippen LogP contribution in [0.5, 0.6) is 0 Å². The average Bonchev–Trinajstić information content (AvgIpc) is 3.26. The van der Waals surface area contributed by atoms with Crippen LogP contribution in [0, 0.1) is 0 Å². The lowest BCUT2D eigenvalue weighted by molar-refractivity contribution is -0.111. The summed E-state index contributed by atoms with van der Waals surface area (Å²) in [6, 6.07) is 16.1. The zero-order chi connectivity index (χ0) is 24.3. The molecule has 1 saturated heterocycles. The first-order valence-electron chi connectivity index (χ1n) is 10.5. The highest BCUT2D eigenvalue weighted by Crippen LogP contribution is 2.32. The maximum atomic E-state index is 12.6.